The molecule has 3 aromatic rings. The Balaban J connectivity index is 1.36. The van der Waals surface area contributed by atoms with Crippen molar-refractivity contribution in [2.45, 2.75) is 25.7 Å². The summed E-state index contributed by atoms with van der Waals surface area (Å²) in [5, 5.41) is 0. The number of esters is 2. The molecule has 3 aromatic carbocycles. The molecule has 0 aromatic heterocycles. The number of hydrogen-bond acceptors (Lipinski definition) is 6. The summed E-state index contributed by atoms with van der Waals surface area (Å²) >= 11 is 0. The van der Waals surface area contributed by atoms with Gasteiger partial charge in [0, 0.05) is 12.2 Å². The van der Waals surface area contributed by atoms with E-state index >= 15 is 0 Å². The Morgan fingerprint density at radius 1 is 0.476 bits per heavy atom. The van der Waals surface area contributed by atoms with E-state index in [4.69, 9.17) is 18.9 Å². The van der Waals surface area contributed by atoms with Gasteiger partial charge in [0.1, 0.15) is 11.5 Å². The van der Waals surface area contributed by atoms with E-state index in [-0.39, 0.29) is 0 Å². The minimum atomic E-state index is -0.395. The maximum absolute atomic E-state index is 11.0. The second kappa shape index (κ2) is 18.5. The summed E-state index contributed by atoms with van der Waals surface area (Å²) in [4.78, 5) is 22.0. The zero-order valence-electron chi connectivity index (χ0n) is 23.9. The Kier molecular flexibility index (Phi) is 14.0. The third kappa shape index (κ3) is 12.6. The largest absolute Gasteiger partial charge is 0.494 e. The van der Waals surface area contributed by atoms with Crippen LogP contribution in [0.4, 0.5) is 0 Å². The highest BCUT2D eigenvalue weighted by Gasteiger charge is 1.99. The van der Waals surface area contributed by atoms with Crippen LogP contribution in [0.1, 0.15) is 47.9 Å². The summed E-state index contributed by atoms with van der Waals surface area (Å²) < 4.78 is 21.4. The number of ether oxygens (including phenoxy) is 4. The first-order chi connectivity index (χ1) is 20.6. The molecule has 0 radical (unpaired) electrons. The molecule has 0 amide bonds. The fourth-order valence-corrected chi connectivity index (χ4v) is 3.71. The van der Waals surface area contributed by atoms with Gasteiger partial charge in [0.2, 0.25) is 0 Å². The molecule has 0 bridgehead atoms. The molecule has 0 saturated carbocycles. The van der Waals surface area contributed by atoms with Crippen LogP contribution in [0.5, 0.6) is 11.5 Å². The van der Waals surface area contributed by atoms with Gasteiger partial charge in [0.25, 0.3) is 0 Å². The molecule has 0 atom stereocenters. The van der Waals surface area contributed by atoms with Crippen LogP contribution in [0.25, 0.3) is 24.3 Å². The number of benzene rings is 3. The lowest BCUT2D eigenvalue weighted by Gasteiger charge is -2.06. The summed E-state index contributed by atoms with van der Waals surface area (Å²) in [6, 6.07) is 24.3. The lowest BCUT2D eigenvalue weighted by atomic mass is 10.1. The van der Waals surface area contributed by atoms with Gasteiger partial charge in [-0.2, -0.15) is 0 Å². The molecule has 218 valence electrons. The van der Waals surface area contributed by atoms with Crippen LogP contribution in [0.2, 0.25) is 0 Å². The lowest BCUT2D eigenvalue weighted by Crippen LogP contribution is -2.04. The molecular weight excluding hydrogens is 528 g/mol. The maximum Gasteiger partial charge on any atom is 0.330 e. The van der Waals surface area contributed by atoms with Crippen molar-refractivity contribution in [2.75, 3.05) is 26.4 Å². The number of hydrogen-bond donors (Lipinski definition) is 0. The van der Waals surface area contributed by atoms with Gasteiger partial charge in [-0.15, -0.1) is 0 Å². The predicted octanol–water partition coefficient (Wildman–Crippen LogP) is 7.80. The van der Waals surface area contributed by atoms with Crippen molar-refractivity contribution in [3.8, 4) is 11.5 Å². The molecule has 0 unspecified atom stereocenters. The van der Waals surface area contributed by atoms with E-state index in [1.165, 1.54) is 12.2 Å². The van der Waals surface area contributed by atoms with Crippen LogP contribution >= 0.6 is 0 Å². The van der Waals surface area contributed by atoms with Crippen LogP contribution < -0.4 is 9.47 Å². The second-order valence-corrected chi connectivity index (χ2v) is 9.33. The topological polar surface area (TPSA) is 71.1 Å². The Labute approximate surface area is 248 Å². The SMILES string of the molecule is C=CC(=O)OCCCCOc1ccc(/C=C/c2ccc(/C=C/c3ccc(OCCCCOC(=O)C=C)cc3)cc2)cc1. The van der Waals surface area contributed by atoms with Gasteiger partial charge in [-0.3, -0.25) is 0 Å². The Bertz CT molecular complexity index is 1210. The monoisotopic (exact) mass is 566 g/mol. The lowest BCUT2D eigenvalue weighted by molar-refractivity contribution is -0.138. The molecule has 6 nitrogen and oxygen atoms in total. The second-order valence-electron chi connectivity index (χ2n) is 9.33. The number of carbonyl (C=O) groups is 2. The summed E-state index contributed by atoms with van der Waals surface area (Å²) in [5.41, 5.74) is 4.41. The van der Waals surface area contributed by atoms with E-state index in [0.717, 1.165) is 59.4 Å². The van der Waals surface area contributed by atoms with Gasteiger partial charge >= 0.3 is 11.9 Å². The average Bonchev–Trinajstić information content (AvgIpc) is 3.03. The van der Waals surface area contributed by atoms with Crippen LogP contribution in [0.3, 0.4) is 0 Å². The van der Waals surface area contributed by atoms with E-state index in [0.29, 0.717) is 26.4 Å². The fraction of sp³-hybridized carbons (Fsp3) is 0.222. The van der Waals surface area contributed by atoms with Crippen LogP contribution in [0, 0.1) is 0 Å². The molecule has 0 aliphatic rings. The van der Waals surface area contributed by atoms with Crippen molar-refractivity contribution in [3.63, 3.8) is 0 Å². The van der Waals surface area contributed by atoms with Crippen LogP contribution in [0.15, 0.2) is 98.1 Å². The maximum atomic E-state index is 11.0. The summed E-state index contributed by atoms with van der Waals surface area (Å²) in [7, 11) is 0. The van der Waals surface area contributed by atoms with E-state index in [1.54, 1.807) is 0 Å². The van der Waals surface area contributed by atoms with E-state index in [1.807, 2.05) is 48.5 Å². The van der Waals surface area contributed by atoms with Crippen molar-refractivity contribution in [3.05, 3.63) is 120 Å². The van der Waals surface area contributed by atoms with E-state index in [2.05, 4.69) is 61.7 Å². The minimum absolute atomic E-state index is 0.376. The zero-order valence-corrected chi connectivity index (χ0v) is 23.9. The molecule has 0 saturated heterocycles. The number of carbonyl (C=O) groups excluding carboxylic acids is 2. The fourth-order valence-electron chi connectivity index (χ4n) is 3.71. The first-order valence-electron chi connectivity index (χ1n) is 14.1. The molecule has 0 heterocycles. The minimum Gasteiger partial charge on any atom is -0.494 e. The predicted molar refractivity (Wildman–Crippen MR) is 169 cm³/mol. The summed E-state index contributed by atoms with van der Waals surface area (Å²) in [5.74, 6) is 0.838. The van der Waals surface area contributed by atoms with Crippen molar-refractivity contribution in [2.24, 2.45) is 0 Å². The van der Waals surface area contributed by atoms with Crippen LogP contribution in [-0.4, -0.2) is 38.4 Å². The van der Waals surface area contributed by atoms with Crippen LogP contribution in [-0.2, 0) is 19.1 Å². The average molecular weight is 567 g/mol. The van der Waals surface area contributed by atoms with Gasteiger partial charge in [0.05, 0.1) is 26.4 Å². The smallest absolute Gasteiger partial charge is 0.330 e. The van der Waals surface area contributed by atoms with E-state index < -0.39 is 11.9 Å². The normalized spacial score (nSPS) is 10.9. The quantitative estimate of drug-likeness (QED) is 0.0677. The van der Waals surface area contributed by atoms with Gasteiger partial charge < -0.3 is 18.9 Å². The summed E-state index contributed by atoms with van der Waals surface area (Å²) in [6.45, 7) is 8.63. The molecular formula is C36H38O6. The van der Waals surface area contributed by atoms with Crippen molar-refractivity contribution >= 4 is 36.2 Å². The third-order valence-electron chi connectivity index (χ3n) is 6.07. The van der Waals surface area contributed by atoms with Gasteiger partial charge in [-0.05, 0) is 72.2 Å². The van der Waals surface area contributed by atoms with Crippen molar-refractivity contribution < 1.29 is 28.5 Å². The standard InChI is InChI=1S/C36H38O6/c1-3-35(37)41-27-7-5-25-39-33-21-17-31(18-22-33)15-13-29-9-11-30(12-10-29)14-16-32-19-23-34(24-20-32)40-26-6-8-28-42-36(38)4-2/h3-4,9-24H,1-2,5-8,25-28H2/b15-13+,16-14+. The van der Waals surface area contributed by atoms with E-state index in [9.17, 15) is 9.59 Å². The highest BCUT2D eigenvalue weighted by Crippen LogP contribution is 2.17. The molecule has 0 N–H and O–H groups in total. The molecule has 0 aliphatic heterocycles. The molecule has 0 aliphatic carbocycles. The number of unbranched alkanes of at least 4 members (excludes halogenated alkanes) is 2. The molecule has 0 spiro atoms. The van der Waals surface area contributed by atoms with Gasteiger partial charge in [-0.25, -0.2) is 9.59 Å². The Hall–Kier alpha value is -4.84. The molecule has 3 rings (SSSR count). The zero-order chi connectivity index (χ0) is 29.8. The molecule has 0 fully saturated rings. The first-order valence-corrected chi connectivity index (χ1v) is 14.1. The third-order valence-corrected chi connectivity index (χ3v) is 6.07. The first kappa shape index (κ1) is 31.7. The van der Waals surface area contributed by atoms with Crippen molar-refractivity contribution in [1.82, 2.24) is 0 Å². The molecule has 6 heteroatoms. The van der Waals surface area contributed by atoms with Gasteiger partial charge in [-0.1, -0.05) is 86.0 Å². The number of rotatable bonds is 18. The Morgan fingerprint density at radius 3 is 1.07 bits per heavy atom. The highest BCUT2D eigenvalue weighted by atomic mass is 16.5. The Morgan fingerprint density at radius 2 is 0.762 bits per heavy atom. The molecule has 42 heavy (non-hydrogen) atoms. The van der Waals surface area contributed by atoms with Gasteiger partial charge in [0.15, 0.2) is 0 Å². The highest BCUT2D eigenvalue weighted by molar-refractivity contribution is 5.81. The summed E-state index contributed by atoms with van der Waals surface area (Å²) in [6.07, 6.45) is 13.8. The van der Waals surface area contributed by atoms with Crippen molar-refractivity contribution in [1.29, 1.82) is 0 Å².